The summed E-state index contributed by atoms with van der Waals surface area (Å²) in [6.07, 6.45) is -5.41. The lowest BCUT2D eigenvalue weighted by atomic mass is 10.1. The Labute approximate surface area is 134 Å². The highest BCUT2D eigenvalue weighted by Crippen LogP contribution is 2.40. The molecule has 3 unspecified atom stereocenters. The Morgan fingerprint density at radius 3 is 2.61 bits per heavy atom. The second kappa shape index (κ2) is 6.41. The first kappa shape index (κ1) is 18.2. The Bertz CT molecular complexity index is 497. The first-order valence-corrected chi connectivity index (χ1v) is 7.59. The number of esters is 1. The number of hydrogen-bond donors (Lipinski definition) is 0. The first-order chi connectivity index (χ1) is 10.5. The zero-order valence-corrected chi connectivity index (χ0v) is 13.0. The van der Waals surface area contributed by atoms with Crippen LogP contribution in [0, 0.1) is 5.92 Å². The molecule has 0 bridgehead atoms. The highest BCUT2D eigenvalue weighted by atomic mass is 35.5. The van der Waals surface area contributed by atoms with E-state index in [1.165, 1.54) is 6.92 Å². The van der Waals surface area contributed by atoms with Gasteiger partial charge < -0.3 is 4.74 Å². The summed E-state index contributed by atoms with van der Waals surface area (Å²) in [6.45, 7) is 1.28. The zero-order valence-electron chi connectivity index (χ0n) is 12.2. The van der Waals surface area contributed by atoms with Gasteiger partial charge in [-0.3, -0.25) is 5.01 Å². The third kappa shape index (κ3) is 4.05. The number of alkyl halides is 6. The molecule has 0 saturated heterocycles. The van der Waals surface area contributed by atoms with Crippen molar-refractivity contribution in [1.82, 2.24) is 5.01 Å². The van der Waals surface area contributed by atoms with Gasteiger partial charge in [-0.25, -0.2) is 13.6 Å². The molecule has 0 aromatic rings. The molecule has 10 heteroatoms. The Hall–Kier alpha value is -1.12. The summed E-state index contributed by atoms with van der Waals surface area (Å²) in [7, 11) is 0. The lowest BCUT2D eigenvalue weighted by Crippen LogP contribution is -2.45. The highest BCUT2D eigenvalue weighted by Gasteiger charge is 2.53. The predicted octanol–water partition coefficient (Wildman–Crippen LogP) is 3.19. The van der Waals surface area contributed by atoms with Crippen LogP contribution >= 0.6 is 11.6 Å². The standard InChI is InChI=1S/C13H16ClF5N2O2/c1-2-23-11(22)9-8(14)10(13(17,18)19)20-21(9)6-7-3-4-12(15,16)5-7/h7-9H,2-6H2,1H3. The average molecular weight is 363 g/mol. The molecule has 1 heterocycles. The molecule has 0 aromatic carbocycles. The van der Waals surface area contributed by atoms with Crippen LogP contribution < -0.4 is 0 Å². The molecule has 1 aliphatic carbocycles. The van der Waals surface area contributed by atoms with E-state index in [9.17, 15) is 26.7 Å². The van der Waals surface area contributed by atoms with E-state index in [1.54, 1.807) is 0 Å². The first-order valence-electron chi connectivity index (χ1n) is 7.16. The molecule has 0 aromatic heterocycles. The van der Waals surface area contributed by atoms with Crippen molar-refractivity contribution in [2.45, 2.75) is 49.7 Å². The van der Waals surface area contributed by atoms with Crippen LogP contribution in [-0.2, 0) is 9.53 Å². The van der Waals surface area contributed by atoms with Crippen molar-refractivity contribution in [3.05, 3.63) is 0 Å². The molecular formula is C13H16ClF5N2O2. The molecule has 1 aliphatic heterocycles. The van der Waals surface area contributed by atoms with Gasteiger partial charge in [-0.05, 0) is 19.3 Å². The third-order valence-electron chi connectivity index (χ3n) is 3.87. The predicted molar refractivity (Wildman–Crippen MR) is 72.5 cm³/mol. The van der Waals surface area contributed by atoms with E-state index >= 15 is 0 Å². The van der Waals surface area contributed by atoms with Crippen LogP contribution in [0.3, 0.4) is 0 Å². The zero-order chi connectivity index (χ0) is 17.4. The quantitative estimate of drug-likeness (QED) is 0.438. The Balaban J connectivity index is 2.18. The van der Waals surface area contributed by atoms with Gasteiger partial charge in [-0.1, -0.05) is 0 Å². The summed E-state index contributed by atoms with van der Waals surface area (Å²) in [5.41, 5.74) is -1.30. The average Bonchev–Trinajstić information content (AvgIpc) is 2.90. The van der Waals surface area contributed by atoms with Gasteiger partial charge in [0.2, 0.25) is 5.92 Å². The highest BCUT2D eigenvalue weighted by molar-refractivity contribution is 6.35. The minimum absolute atomic E-state index is 0.0321. The molecule has 0 N–H and O–H groups in total. The van der Waals surface area contributed by atoms with Gasteiger partial charge in [0.1, 0.15) is 5.38 Å². The minimum Gasteiger partial charge on any atom is -0.464 e. The number of carbonyl (C=O) groups is 1. The number of nitrogens with zero attached hydrogens (tertiary/aromatic N) is 2. The molecular weight excluding hydrogens is 347 g/mol. The summed E-state index contributed by atoms with van der Waals surface area (Å²) >= 11 is 5.75. The van der Waals surface area contributed by atoms with Crippen LogP contribution in [0.5, 0.6) is 0 Å². The van der Waals surface area contributed by atoms with Gasteiger partial charge >= 0.3 is 12.1 Å². The van der Waals surface area contributed by atoms with Crippen LogP contribution in [0.25, 0.3) is 0 Å². The normalized spacial score (nSPS) is 30.5. The molecule has 0 radical (unpaired) electrons. The maximum atomic E-state index is 13.2. The van der Waals surface area contributed by atoms with Crippen molar-refractivity contribution >= 4 is 23.3 Å². The number of rotatable bonds is 4. The lowest BCUT2D eigenvalue weighted by Gasteiger charge is -2.26. The second-order valence-electron chi connectivity index (χ2n) is 5.67. The molecule has 1 saturated carbocycles. The van der Waals surface area contributed by atoms with Crippen molar-refractivity contribution in [3.63, 3.8) is 0 Å². The maximum absolute atomic E-state index is 13.2. The van der Waals surface area contributed by atoms with E-state index < -0.39 is 47.5 Å². The van der Waals surface area contributed by atoms with Gasteiger partial charge in [0.15, 0.2) is 11.8 Å². The van der Waals surface area contributed by atoms with Crippen molar-refractivity contribution in [2.75, 3.05) is 13.2 Å². The van der Waals surface area contributed by atoms with E-state index in [1.807, 2.05) is 0 Å². The molecule has 2 rings (SSSR count). The monoisotopic (exact) mass is 362 g/mol. The smallest absolute Gasteiger partial charge is 0.432 e. The summed E-state index contributed by atoms with van der Waals surface area (Å²) in [5, 5.41) is 2.51. The van der Waals surface area contributed by atoms with Gasteiger partial charge in [0.05, 0.1) is 6.61 Å². The fourth-order valence-electron chi connectivity index (χ4n) is 2.85. The van der Waals surface area contributed by atoms with Gasteiger partial charge in [0.25, 0.3) is 0 Å². The van der Waals surface area contributed by atoms with Gasteiger partial charge in [-0.15, -0.1) is 11.6 Å². The fourth-order valence-corrected chi connectivity index (χ4v) is 3.26. The van der Waals surface area contributed by atoms with Crippen molar-refractivity contribution in [2.24, 2.45) is 11.0 Å². The van der Waals surface area contributed by atoms with Crippen LogP contribution in [-0.4, -0.2) is 53.4 Å². The minimum atomic E-state index is -4.80. The topological polar surface area (TPSA) is 41.9 Å². The lowest BCUT2D eigenvalue weighted by molar-refractivity contribution is -0.148. The molecule has 2 aliphatic rings. The third-order valence-corrected chi connectivity index (χ3v) is 4.31. The SMILES string of the molecule is CCOC(=O)C1C(Cl)C(C(F)(F)F)=NN1CC1CCC(F)(F)C1. The summed E-state index contributed by atoms with van der Waals surface area (Å²) in [5.74, 6) is -4.33. The van der Waals surface area contributed by atoms with E-state index in [0.29, 0.717) is 0 Å². The van der Waals surface area contributed by atoms with Crippen LogP contribution in [0.4, 0.5) is 22.0 Å². The van der Waals surface area contributed by atoms with E-state index in [2.05, 4.69) is 5.10 Å². The maximum Gasteiger partial charge on any atom is 0.432 e. The van der Waals surface area contributed by atoms with E-state index in [4.69, 9.17) is 16.3 Å². The van der Waals surface area contributed by atoms with Crippen LogP contribution in [0.1, 0.15) is 26.2 Å². The second-order valence-corrected chi connectivity index (χ2v) is 6.14. The Kier molecular flexibility index (Phi) is 5.08. The van der Waals surface area contributed by atoms with Crippen LogP contribution in [0.2, 0.25) is 0 Å². The fraction of sp³-hybridized carbons (Fsp3) is 0.846. The molecule has 23 heavy (non-hydrogen) atoms. The number of hydrogen-bond acceptors (Lipinski definition) is 4. The number of carbonyl (C=O) groups excluding carboxylic acids is 1. The van der Waals surface area contributed by atoms with Crippen molar-refractivity contribution < 1.29 is 31.5 Å². The molecule has 1 fully saturated rings. The summed E-state index contributed by atoms with van der Waals surface area (Å²) < 4.78 is 70.0. The Morgan fingerprint density at radius 1 is 1.48 bits per heavy atom. The van der Waals surface area contributed by atoms with Crippen molar-refractivity contribution in [1.29, 1.82) is 0 Å². The molecule has 3 atom stereocenters. The molecule has 132 valence electrons. The van der Waals surface area contributed by atoms with E-state index in [-0.39, 0.29) is 26.0 Å². The number of hydrazone groups is 1. The van der Waals surface area contributed by atoms with Gasteiger partial charge in [-0.2, -0.15) is 18.3 Å². The largest absolute Gasteiger partial charge is 0.464 e. The van der Waals surface area contributed by atoms with E-state index in [0.717, 1.165) is 5.01 Å². The number of ether oxygens (including phenoxy) is 1. The molecule has 0 spiro atoms. The summed E-state index contributed by atoms with van der Waals surface area (Å²) in [6, 6.07) is -1.46. The Morgan fingerprint density at radius 2 is 2.13 bits per heavy atom. The number of halogens is 6. The van der Waals surface area contributed by atoms with Gasteiger partial charge in [0, 0.05) is 19.4 Å². The molecule has 4 nitrogen and oxygen atoms in total. The molecule has 0 amide bonds. The van der Waals surface area contributed by atoms with Crippen molar-refractivity contribution in [3.8, 4) is 0 Å². The van der Waals surface area contributed by atoms with Crippen LogP contribution in [0.15, 0.2) is 5.10 Å². The summed E-state index contributed by atoms with van der Waals surface area (Å²) in [4.78, 5) is 11.9.